The van der Waals surface area contributed by atoms with Gasteiger partial charge in [0.2, 0.25) is 0 Å². The molecule has 1 unspecified atom stereocenters. The van der Waals surface area contributed by atoms with Gasteiger partial charge in [0, 0.05) is 4.47 Å². The van der Waals surface area contributed by atoms with E-state index in [9.17, 15) is 0 Å². The van der Waals surface area contributed by atoms with E-state index in [2.05, 4.69) is 41.1 Å². The van der Waals surface area contributed by atoms with Crippen LogP contribution >= 0.6 is 15.9 Å². The summed E-state index contributed by atoms with van der Waals surface area (Å²) in [6.45, 7) is 3.89. The lowest BCUT2D eigenvalue weighted by atomic mass is 10.1. The lowest BCUT2D eigenvalue weighted by Crippen LogP contribution is -2.01. The summed E-state index contributed by atoms with van der Waals surface area (Å²) in [6.07, 6.45) is 1.54. The summed E-state index contributed by atoms with van der Waals surface area (Å²) >= 11 is 3.52. The van der Waals surface area contributed by atoms with E-state index in [1.807, 2.05) is 6.92 Å². The lowest BCUT2D eigenvalue weighted by Gasteiger charge is -2.06. The molecule has 0 fully saturated rings. The average molecular weight is 243 g/mol. The zero-order valence-corrected chi connectivity index (χ0v) is 9.63. The molecule has 1 rings (SSSR count). The summed E-state index contributed by atoms with van der Waals surface area (Å²) in [5, 5.41) is 9.14. The Hall–Kier alpha value is -0.340. The summed E-state index contributed by atoms with van der Waals surface area (Å²) < 4.78 is 1.15. The van der Waals surface area contributed by atoms with E-state index in [-0.39, 0.29) is 6.10 Å². The summed E-state index contributed by atoms with van der Waals surface area (Å²) in [7, 11) is 0. The Morgan fingerprint density at radius 1 is 1.46 bits per heavy atom. The van der Waals surface area contributed by atoms with Crippen LogP contribution in [0.15, 0.2) is 22.7 Å². The molecule has 0 aliphatic rings. The van der Waals surface area contributed by atoms with Crippen molar-refractivity contribution >= 4 is 15.9 Å². The van der Waals surface area contributed by atoms with Crippen molar-refractivity contribution in [1.29, 1.82) is 0 Å². The second kappa shape index (κ2) is 4.77. The van der Waals surface area contributed by atoms with Crippen molar-refractivity contribution in [2.75, 3.05) is 0 Å². The van der Waals surface area contributed by atoms with Crippen LogP contribution in [0, 0.1) is 6.92 Å². The first-order valence-corrected chi connectivity index (χ1v) is 5.32. The molecule has 0 aliphatic carbocycles. The molecule has 72 valence electrons. The van der Waals surface area contributed by atoms with Crippen molar-refractivity contribution < 1.29 is 5.11 Å². The highest BCUT2D eigenvalue weighted by Crippen LogP contribution is 2.20. The first-order chi connectivity index (χ1) is 6.09. The molecule has 0 saturated heterocycles. The summed E-state index contributed by atoms with van der Waals surface area (Å²) in [5.41, 5.74) is 2.53. The molecular weight excluding hydrogens is 228 g/mol. The molecule has 1 nitrogen and oxygen atoms in total. The maximum atomic E-state index is 9.14. The zero-order chi connectivity index (χ0) is 9.84. The van der Waals surface area contributed by atoms with Crippen molar-refractivity contribution in [2.24, 2.45) is 0 Å². The normalized spacial score (nSPS) is 12.9. The Morgan fingerprint density at radius 3 is 2.69 bits per heavy atom. The van der Waals surface area contributed by atoms with E-state index in [1.165, 1.54) is 11.1 Å². The van der Waals surface area contributed by atoms with E-state index in [1.54, 1.807) is 0 Å². The number of benzene rings is 1. The number of aryl methyl sites for hydroxylation is 2. The Kier molecular flexibility index (Phi) is 3.94. The number of aliphatic hydroxyl groups is 1. The van der Waals surface area contributed by atoms with Gasteiger partial charge in [0.25, 0.3) is 0 Å². The van der Waals surface area contributed by atoms with Gasteiger partial charge in [-0.2, -0.15) is 0 Å². The third kappa shape index (κ3) is 3.49. The number of rotatable bonds is 3. The fourth-order valence-electron chi connectivity index (χ4n) is 1.22. The highest BCUT2D eigenvalue weighted by molar-refractivity contribution is 9.10. The van der Waals surface area contributed by atoms with Crippen molar-refractivity contribution in [3.05, 3.63) is 33.8 Å². The monoisotopic (exact) mass is 242 g/mol. The number of aliphatic hydroxyl groups excluding tert-OH is 1. The first kappa shape index (κ1) is 10.7. The van der Waals surface area contributed by atoms with Crippen LogP contribution in [0.4, 0.5) is 0 Å². The van der Waals surface area contributed by atoms with E-state index in [4.69, 9.17) is 5.11 Å². The molecule has 0 radical (unpaired) electrons. The van der Waals surface area contributed by atoms with E-state index >= 15 is 0 Å². The van der Waals surface area contributed by atoms with Crippen molar-refractivity contribution in [3.8, 4) is 0 Å². The van der Waals surface area contributed by atoms with Crippen LogP contribution in [0.1, 0.15) is 24.5 Å². The lowest BCUT2D eigenvalue weighted by molar-refractivity contribution is 0.185. The molecule has 0 heterocycles. The third-order valence-corrected chi connectivity index (χ3v) is 2.78. The molecule has 1 aromatic carbocycles. The van der Waals surface area contributed by atoms with Crippen molar-refractivity contribution in [1.82, 2.24) is 0 Å². The molecule has 0 bridgehead atoms. The zero-order valence-electron chi connectivity index (χ0n) is 8.05. The Balaban J connectivity index is 2.67. The van der Waals surface area contributed by atoms with Gasteiger partial charge < -0.3 is 5.11 Å². The molecule has 1 atom stereocenters. The van der Waals surface area contributed by atoms with Gasteiger partial charge in [0.15, 0.2) is 0 Å². The molecule has 2 heteroatoms. The van der Waals surface area contributed by atoms with Gasteiger partial charge >= 0.3 is 0 Å². The molecule has 0 amide bonds. The second-order valence-corrected chi connectivity index (χ2v) is 4.34. The first-order valence-electron chi connectivity index (χ1n) is 4.52. The Labute approximate surface area is 87.9 Å². The second-order valence-electron chi connectivity index (χ2n) is 3.48. The maximum Gasteiger partial charge on any atom is 0.0515 e. The van der Waals surface area contributed by atoms with Gasteiger partial charge in [0.05, 0.1) is 6.10 Å². The van der Waals surface area contributed by atoms with Crippen molar-refractivity contribution in [3.63, 3.8) is 0 Å². The largest absolute Gasteiger partial charge is 0.393 e. The maximum absolute atomic E-state index is 9.14. The molecule has 1 N–H and O–H groups in total. The van der Waals surface area contributed by atoms with E-state index in [0.29, 0.717) is 0 Å². The molecule has 0 aliphatic heterocycles. The van der Waals surface area contributed by atoms with Gasteiger partial charge in [-0.1, -0.05) is 28.1 Å². The minimum absolute atomic E-state index is 0.215. The van der Waals surface area contributed by atoms with Crippen LogP contribution in [0.3, 0.4) is 0 Å². The summed E-state index contributed by atoms with van der Waals surface area (Å²) in [6, 6.07) is 6.32. The van der Waals surface area contributed by atoms with Gasteiger partial charge in [-0.05, 0) is 43.9 Å². The highest BCUT2D eigenvalue weighted by atomic mass is 79.9. The van der Waals surface area contributed by atoms with Crippen LogP contribution in [0.5, 0.6) is 0 Å². The average Bonchev–Trinajstić information content (AvgIpc) is 2.02. The van der Waals surface area contributed by atoms with Crippen LogP contribution in [0.25, 0.3) is 0 Å². The van der Waals surface area contributed by atoms with Crippen LogP contribution < -0.4 is 0 Å². The standard InChI is InChI=1S/C11H15BrO/c1-8-3-5-10(11(12)7-8)6-4-9(2)13/h3,5,7,9,13H,4,6H2,1-2H3. The van der Waals surface area contributed by atoms with Gasteiger partial charge in [-0.15, -0.1) is 0 Å². The van der Waals surface area contributed by atoms with E-state index < -0.39 is 0 Å². The fraction of sp³-hybridized carbons (Fsp3) is 0.455. The predicted octanol–water partition coefficient (Wildman–Crippen LogP) is 3.07. The highest BCUT2D eigenvalue weighted by Gasteiger charge is 2.01. The number of halogens is 1. The predicted molar refractivity (Wildman–Crippen MR) is 58.9 cm³/mol. The molecule has 13 heavy (non-hydrogen) atoms. The number of hydrogen-bond acceptors (Lipinski definition) is 1. The van der Waals surface area contributed by atoms with Gasteiger partial charge in [-0.3, -0.25) is 0 Å². The number of hydrogen-bond donors (Lipinski definition) is 1. The molecule has 1 aromatic rings. The Bertz CT molecular complexity index is 281. The van der Waals surface area contributed by atoms with Crippen LogP contribution in [-0.2, 0) is 6.42 Å². The topological polar surface area (TPSA) is 20.2 Å². The minimum Gasteiger partial charge on any atom is -0.393 e. The van der Waals surface area contributed by atoms with Crippen molar-refractivity contribution in [2.45, 2.75) is 32.8 Å². The molecule has 0 spiro atoms. The summed E-state index contributed by atoms with van der Waals surface area (Å²) in [4.78, 5) is 0. The van der Waals surface area contributed by atoms with E-state index in [0.717, 1.165) is 17.3 Å². The smallest absolute Gasteiger partial charge is 0.0515 e. The third-order valence-electron chi connectivity index (χ3n) is 2.04. The molecule has 0 aromatic heterocycles. The van der Waals surface area contributed by atoms with Gasteiger partial charge in [-0.25, -0.2) is 0 Å². The quantitative estimate of drug-likeness (QED) is 0.864. The summed E-state index contributed by atoms with van der Waals surface area (Å²) in [5.74, 6) is 0. The van der Waals surface area contributed by atoms with Crippen LogP contribution in [0.2, 0.25) is 0 Å². The minimum atomic E-state index is -0.215. The molecule has 0 saturated carbocycles. The Morgan fingerprint density at radius 2 is 2.15 bits per heavy atom. The fourth-order valence-corrected chi connectivity index (χ4v) is 1.91. The van der Waals surface area contributed by atoms with Gasteiger partial charge in [0.1, 0.15) is 0 Å². The SMILES string of the molecule is Cc1ccc(CCC(C)O)c(Br)c1. The van der Waals surface area contributed by atoms with Crippen LogP contribution in [-0.4, -0.2) is 11.2 Å². The molecular formula is C11H15BrO.